The van der Waals surface area contributed by atoms with Gasteiger partial charge in [0.2, 0.25) is 0 Å². The number of fused-ring (bicyclic) bond motifs is 1. The van der Waals surface area contributed by atoms with Crippen LogP contribution in [0.25, 0.3) is 11.0 Å². The number of hydrogen-bond donors (Lipinski definition) is 2. The zero-order chi connectivity index (χ0) is 11.0. The molecule has 1 aliphatic heterocycles. The van der Waals surface area contributed by atoms with E-state index in [1.807, 2.05) is 12.1 Å². The second-order valence-corrected chi connectivity index (χ2v) is 4.78. The van der Waals surface area contributed by atoms with Crippen LogP contribution in [0, 0.1) is 5.92 Å². The van der Waals surface area contributed by atoms with Gasteiger partial charge in [-0.25, -0.2) is 4.98 Å². The summed E-state index contributed by atoms with van der Waals surface area (Å²) < 4.78 is 0. The van der Waals surface area contributed by atoms with E-state index in [4.69, 9.17) is 0 Å². The summed E-state index contributed by atoms with van der Waals surface area (Å²) in [6.07, 6.45) is 2.45. The molecule has 1 aromatic carbocycles. The van der Waals surface area contributed by atoms with Crippen LogP contribution in [-0.4, -0.2) is 16.5 Å². The number of aromatic nitrogens is 2. The maximum Gasteiger partial charge on any atom is 0.124 e. The molecular weight excluding hydrogens is 198 g/mol. The van der Waals surface area contributed by atoms with Gasteiger partial charge in [0.1, 0.15) is 5.82 Å². The standard InChI is InChI=1S/C13H17N3/c1-9-6-7-14-12(8-9)13-15-10-4-2-3-5-11(10)16-13/h2-5,9,12,14H,6-8H2,1H3,(H,15,16). The van der Waals surface area contributed by atoms with Gasteiger partial charge in [-0.05, 0) is 37.4 Å². The fourth-order valence-corrected chi connectivity index (χ4v) is 2.45. The Morgan fingerprint density at radius 3 is 3.00 bits per heavy atom. The minimum atomic E-state index is 0.399. The molecule has 84 valence electrons. The molecule has 2 atom stereocenters. The molecule has 16 heavy (non-hydrogen) atoms. The summed E-state index contributed by atoms with van der Waals surface area (Å²) in [5, 5.41) is 3.53. The number of rotatable bonds is 1. The fraction of sp³-hybridized carbons (Fsp3) is 0.462. The van der Waals surface area contributed by atoms with Gasteiger partial charge in [-0.15, -0.1) is 0 Å². The van der Waals surface area contributed by atoms with Gasteiger partial charge >= 0.3 is 0 Å². The van der Waals surface area contributed by atoms with Gasteiger partial charge in [-0.3, -0.25) is 0 Å². The molecule has 1 aliphatic rings. The molecular formula is C13H17N3. The summed E-state index contributed by atoms with van der Waals surface area (Å²) in [6, 6.07) is 8.61. The maximum absolute atomic E-state index is 4.65. The second-order valence-electron chi connectivity index (χ2n) is 4.78. The van der Waals surface area contributed by atoms with E-state index in [1.165, 1.54) is 12.8 Å². The summed E-state index contributed by atoms with van der Waals surface area (Å²) in [6.45, 7) is 3.42. The number of benzene rings is 1. The van der Waals surface area contributed by atoms with Crippen LogP contribution in [0.1, 0.15) is 31.6 Å². The van der Waals surface area contributed by atoms with Gasteiger partial charge in [0.05, 0.1) is 17.1 Å². The summed E-state index contributed by atoms with van der Waals surface area (Å²) in [7, 11) is 0. The van der Waals surface area contributed by atoms with E-state index in [0.29, 0.717) is 6.04 Å². The molecule has 2 heterocycles. The number of imidazole rings is 1. The quantitative estimate of drug-likeness (QED) is 0.767. The van der Waals surface area contributed by atoms with Gasteiger partial charge in [0, 0.05) is 0 Å². The first-order valence-electron chi connectivity index (χ1n) is 6.01. The molecule has 0 radical (unpaired) electrons. The zero-order valence-electron chi connectivity index (χ0n) is 9.53. The van der Waals surface area contributed by atoms with Crippen LogP contribution in [0.2, 0.25) is 0 Å². The first kappa shape index (κ1) is 9.85. The van der Waals surface area contributed by atoms with E-state index in [1.54, 1.807) is 0 Å². The largest absolute Gasteiger partial charge is 0.341 e. The lowest BCUT2D eigenvalue weighted by Gasteiger charge is -2.26. The lowest BCUT2D eigenvalue weighted by Crippen LogP contribution is -2.31. The Labute approximate surface area is 95.3 Å². The van der Waals surface area contributed by atoms with Crippen molar-refractivity contribution in [3.05, 3.63) is 30.1 Å². The normalized spacial score (nSPS) is 26.1. The third kappa shape index (κ3) is 1.71. The highest BCUT2D eigenvalue weighted by atomic mass is 15.0. The monoisotopic (exact) mass is 215 g/mol. The third-order valence-electron chi connectivity index (χ3n) is 3.40. The number of nitrogens with zero attached hydrogens (tertiary/aromatic N) is 1. The van der Waals surface area contributed by atoms with Crippen molar-refractivity contribution in [3.8, 4) is 0 Å². The smallest absolute Gasteiger partial charge is 0.124 e. The second kappa shape index (κ2) is 3.91. The highest BCUT2D eigenvalue weighted by Crippen LogP contribution is 2.26. The molecule has 0 spiro atoms. The fourth-order valence-electron chi connectivity index (χ4n) is 2.45. The Bertz CT molecular complexity index is 456. The summed E-state index contributed by atoms with van der Waals surface area (Å²) in [5.41, 5.74) is 2.20. The average molecular weight is 215 g/mol. The molecule has 1 fully saturated rings. The molecule has 2 aromatic rings. The van der Waals surface area contributed by atoms with Gasteiger partial charge in [-0.1, -0.05) is 19.1 Å². The Balaban J connectivity index is 1.93. The van der Waals surface area contributed by atoms with E-state index < -0.39 is 0 Å². The SMILES string of the molecule is CC1CCNC(c2nc3ccccc3[nH]2)C1. The van der Waals surface area contributed by atoms with Gasteiger partial charge in [0.15, 0.2) is 0 Å². The number of nitrogens with one attached hydrogen (secondary N) is 2. The topological polar surface area (TPSA) is 40.7 Å². The lowest BCUT2D eigenvalue weighted by molar-refractivity contribution is 0.317. The van der Waals surface area contributed by atoms with Crippen molar-refractivity contribution in [2.24, 2.45) is 5.92 Å². The molecule has 3 nitrogen and oxygen atoms in total. The van der Waals surface area contributed by atoms with Crippen molar-refractivity contribution in [2.75, 3.05) is 6.54 Å². The number of piperidine rings is 1. The van der Waals surface area contributed by atoms with Crippen LogP contribution < -0.4 is 5.32 Å². The molecule has 0 aliphatic carbocycles. The van der Waals surface area contributed by atoms with E-state index >= 15 is 0 Å². The molecule has 0 amide bonds. The Hall–Kier alpha value is -1.35. The minimum absolute atomic E-state index is 0.399. The van der Waals surface area contributed by atoms with Gasteiger partial charge in [-0.2, -0.15) is 0 Å². The van der Waals surface area contributed by atoms with Crippen LogP contribution in [0.5, 0.6) is 0 Å². The zero-order valence-corrected chi connectivity index (χ0v) is 9.53. The van der Waals surface area contributed by atoms with E-state index in [-0.39, 0.29) is 0 Å². The van der Waals surface area contributed by atoms with Crippen molar-refractivity contribution in [1.82, 2.24) is 15.3 Å². The van der Waals surface area contributed by atoms with E-state index in [9.17, 15) is 0 Å². The molecule has 2 unspecified atom stereocenters. The maximum atomic E-state index is 4.65. The highest BCUT2D eigenvalue weighted by Gasteiger charge is 2.22. The molecule has 0 bridgehead atoms. The lowest BCUT2D eigenvalue weighted by atomic mass is 9.94. The van der Waals surface area contributed by atoms with E-state index in [0.717, 1.165) is 29.3 Å². The number of para-hydroxylation sites is 2. The first-order chi connectivity index (χ1) is 7.83. The predicted molar refractivity (Wildman–Crippen MR) is 65.2 cm³/mol. The van der Waals surface area contributed by atoms with Gasteiger partial charge < -0.3 is 10.3 Å². The molecule has 1 saturated heterocycles. The third-order valence-corrected chi connectivity index (χ3v) is 3.40. The highest BCUT2D eigenvalue weighted by molar-refractivity contribution is 5.74. The number of H-pyrrole nitrogens is 1. The summed E-state index contributed by atoms with van der Waals surface area (Å²) in [5.74, 6) is 1.88. The first-order valence-corrected chi connectivity index (χ1v) is 6.01. The molecule has 3 rings (SSSR count). The van der Waals surface area contributed by atoms with E-state index in [2.05, 4.69) is 34.3 Å². The minimum Gasteiger partial charge on any atom is -0.341 e. The summed E-state index contributed by atoms with van der Waals surface area (Å²) in [4.78, 5) is 8.06. The Morgan fingerprint density at radius 2 is 2.19 bits per heavy atom. The Kier molecular flexibility index (Phi) is 2.40. The predicted octanol–water partition coefficient (Wildman–Crippen LogP) is 2.62. The molecule has 1 aromatic heterocycles. The average Bonchev–Trinajstić information content (AvgIpc) is 2.72. The molecule has 0 saturated carbocycles. The van der Waals surface area contributed by atoms with Crippen molar-refractivity contribution in [1.29, 1.82) is 0 Å². The number of aromatic amines is 1. The Morgan fingerprint density at radius 1 is 1.31 bits per heavy atom. The van der Waals surface area contributed by atoms with Crippen LogP contribution in [0.4, 0.5) is 0 Å². The summed E-state index contributed by atoms with van der Waals surface area (Å²) >= 11 is 0. The molecule has 3 heteroatoms. The van der Waals surface area contributed by atoms with Crippen LogP contribution in [-0.2, 0) is 0 Å². The van der Waals surface area contributed by atoms with Crippen LogP contribution in [0.3, 0.4) is 0 Å². The van der Waals surface area contributed by atoms with Crippen molar-refractivity contribution in [2.45, 2.75) is 25.8 Å². The van der Waals surface area contributed by atoms with Crippen molar-refractivity contribution < 1.29 is 0 Å². The molecule has 2 N–H and O–H groups in total. The van der Waals surface area contributed by atoms with Crippen LogP contribution in [0.15, 0.2) is 24.3 Å². The number of hydrogen-bond acceptors (Lipinski definition) is 2. The van der Waals surface area contributed by atoms with Crippen molar-refractivity contribution >= 4 is 11.0 Å². The van der Waals surface area contributed by atoms with Crippen LogP contribution >= 0.6 is 0 Å². The van der Waals surface area contributed by atoms with Crippen molar-refractivity contribution in [3.63, 3.8) is 0 Å². The van der Waals surface area contributed by atoms with Gasteiger partial charge in [0.25, 0.3) is 0 Å².